The number of halogens is 6. The molecule has 1 amide bonds. The van der Waals surface area contributed by atoms with E-state index in [9.17, 15) is 31.1 Å². The number of benzene rings is 1. The number of hydrogen-bond acceptors (Lipinski definition) is 2. The van der Waals surface area contributed by atoms with E-state index in [0.717, 1.165) is 0 Å². The van der Waals surface area contributed by atoms with Crippen LogP contribution in [0.1, 0.15) is 21.5 Å². The number of rotatable bonds is 2. The maximum absolute atomic E-state index is 12.8. The Labute approximate surface area is 102 Å². The molecule has 2 N–H and O–H groups in total. The number of nitrogens with two attached hydrogens (primary N) is 1. The van der Waals surface area contributed by atoms with Gasteiger partial charge in [0.05, 0.1) is 18.2 Å². The molecule has 1 aromatic rings. The lowest BCUT2D eigenvalue weighted by atomic mass is 10.0. The van der Waals surface area contributed by atoms with E-state index in [1.165, 1.54) is 0 Å². The molecule has 0 aliphatic heterocycles. The lowest BCUT2D eigenvalue weighted by Gasteiger charge is -2.19. The van der Waals surface area contributed by atoms with Gasteiger partial charge in [0, 0.05) is 0 Å². The molecule has 0 saturated heterocycles. The highest BCUT2D eigenvalue weighted by atomic mass is 19.4. The van der Waals surface area contributed by atoms with E-state index < -0.39 is 40.7 Å². The molecule has 1 aromatic carbocycles. The minimum absolute atomic E-state index is 0.314. The number of primary amides is 1. The van der Waals surface area contributed by atoms with Gasteiger partial charge in [0.15, 0.2) is 0 Å². The first kappa shape index (κ1) is 15.1. The topological polar surface area (TPSA) is 52.3 Å². The first-order valence-corrected chi connectivity index (χ1v) is 4.65. The molecule has 0 bridgehead atoms. The van der Waals surface area contributed by atoms with Crippen LogP contribution >= 0.6 is 0 Å². The van der Waals surface area contributed by atoms with Crippen molar-refractivity contribution in [1.29, 1.82) is 0 Å². The molecule has 0 aromatic heterocycles. The zero-order chi connectivity index (χ0) is 15.0. The van der Waals surface area contributed by atoms with Gasteiger partial charge < -0.3 is 10.5 Å². The fourth-order valence-corrected chi connectivity index (χ4v) is 1.50. The van der Waals surface area contributed by atoms with Crippen molar-refractivity contribution in [1.82, 2.24) is 0 Å². The highest BCUT2D eigenvalue weighted by Gasteiger charge is 2.44. The summed E-state index contributed by atoms with van der Waals surface area (Å²) in [5.74, 6) is -2.98. The van der Waals surface area contributed by atoms with Crippen LogP contribution in [0.25, 0.3) is 0 Å². The van der Waals surface area contributed by atoms with Crippen LogP contribution in [0.3, 0.4) is 0 Å². The molecule has 0 aliphatic carbocycles. The van der Waals surface area contributed by atoms with Crippen LogP contribution in [0.15, 0.2) is 12.1 Å². The van der Waals surface area contributed by atoms with E-state index in [2.05, 4.69) is 4.74 Å². The smallest absolute Gasteiger partial charge is 0.420 e. The van der Waals surface area contributed by atoms with E-state index in [0.29, 0.717) is 19.2 Å². The van der Waals surface area contributed by atoms with Gasteiger partial charge in [0.1, 0.15) is 11.3 Å². The minimum Gasteiger partial charge on any atom is -0.495 e. The number of carbonyl (C=O) groups is 1. The zero-order valence-electron chi connectivity index (χ0n) is 9.32. The number of amides is 1. The lowest BCUT2D eigenvalue weighted by molar-refractivity contribution is -0.145. The summed E-state index contributed by atoms with van der Waals surface area (Å²) in [5.41, 5.74) is 0.165. The predicted molar refractivity (Wildman–Crippen MR) is 51.5 cm³/mol. The third-order valence-electron chi connectivity index (χ3n) is 2.22. The predicted octanol–water partition coefficient (Wildman–Crippen LogP) is 2.83. The van der Waals surface area contributed by atoms with Crippen LogP contribution < -0.4 is 10.5 Å². The van der Waals surface area contributed by atoms with Crippen molar-refractivity contribution >= 4 is 5.91 Å². The maximum Gasteiger partial charge on any atom is 0.420 e. The Balaban J connectivity index is 3.75. The van der Waals surface area contributed by atoms with Crippen molar-refractivity contribution in [2.24, 2.45) is 5.73 Å². The van der Waals surface area contributed by atoms with Crippen LogP contribution in [-0.2, 0) is 12.4 Å². The van der Waals surface area contributed by atoms with Crippen LogP contribution in [-0.4, -0.2) is 13.0 Å². The van der Waals surface area contributed by atoms with Gasteiger partial charge in [0.25, 0.3) is 0 Å². The van der Waals surface area contributed by atoms with Crippen molar-refractivity contribution < 1.29 is 35.9 Å². The van der Waals surface area contributed by atoms with Gasteiger partial charge in [0.2, 0.25) is 5.91 Å². The molecule has 9 heteroatoms. The lowest BCUT2D eigenvalue weighted by Crippen LogP contribution is -2.22. The van der Waals surface area contributed by atoms with Crippen LogP contribution in [0.4, 0.5) is 26.3 Å². The van der Waals surface area contributed by atoms with Gasteiger partial charge in [-0.25, -0.2) is 0 Å². The Hall–Kier alpha value is -1.93. The molecule has 1 rings (SSSR count). The molecular formula is C10H7F6NO2. The van der Waals surface area contributed by atoms with Gasteiger partial charge in [-0.3, -0.25) is 4.79 Å². The fraction of sp³-hybridized carbons (Fsp3) is 0.300. The van der Waals surface area contributed by atoms with Crippen molar-refractivity contribution in [3.8, 4) is 5.75 Å². The molecule has 0 atom stereocenters. The molecule has 19 heavy (non-hydrogen) atoms. The van der Waals surface area contributed by atoms with E-state index >= 15 is 0 Å². The summed E-state index contributed by atoms with van der Waals surface area (Å²) in [6.45, 7) is 0. The molecule has 0 fully saturated rings. The van der Waals surface area contributed by atoms with Crippen molar-refractivity contribution in [3.05, 3.63) is 28.8 Å². The van der Waals surface area contributed by atoms with Crippen molar-refractivity contribution in [2.45, 2.75) is 12.4 Å². The van der Waals surface area contributed by atoms with E-state index in [1.54, 1.807) is 0 Å². The fourth-order valence-electron chi connectivity index (χ4n) is 1.50. The molecule has 0 heterocycles. The third-order valence-corrected chi connectivity index (χ3v) is 2.22. The third kappa shape index (κ3) is 2.91. The quantitative estimate of drug-likeness (QED) is 0.850. The number of ether oxygens (including phenoxy) is 1. The van der Waals surface area contributed by atoms with Gasteiger partial charge in [-0.05, 0) is 12.1 Å². The Morgan fingerprint density at radius 3 is 1.95 bits per heavy atom. The van der Waals surface area contributed by atoms with Crippen molar-refractivity contribution in [3.63, 3.8) is 0 Å². The summed E-state index contributed by atoms with van der Waals surface area (Å²) in [4.78, 5) is 10.9. The standard InChI is InChI=1S/C10H7F6NO2/c1-19-7-5(9(11,12)13)3-2-4(8(17)18)6(7)10(14,15)16/h2-3H,1H3,(H2,17,18). The van der Waals surface area contributed by atoms with Gasteiger partial charge in [-0.2, -0.15) is 26.3 Å². The number of alkyl halides is 6. The first-order valence-electron chi connectivity index (χ1n) is 4.65. The number of hydrogen-bond donors (Lipinski definition) is 1. The molecule has 0 saturated carbocycles. The largest absolute Gasteiger partial charge is 0.495 e. The Morgan fingerprint density at radius 2 is 1.63 bits per heavy atom. The average molecular weight is 287 g/mol. The SMILES string of the molecule is COc1c(C(F)(F)F)ccc(C(N)=O)c1C(F)(F)F. The Bertz CT molecular complexity index is 506. The molecule has 0 spiro atoms. The molecule has 0 unspecified atom stereocenters. The van der Waals surface area contributed by atoms with Crippen LogP contribution in [0, 0.1) is 0 Å². The van der Waals surface area contributed by atoms with Gasteiger partial charge >= 0.3 is 12.4 Å². The van der Waals surface area contributed by atoms with E-state index in [-0.39, 0.29) is 0 Å². The summed E-state index contributed by atoms with van der Waals surface area (Å²) >= 11 is 0. The normalized spacial score (nSPS) is 12.4. The zero-order valence-corrected chi connectivity index (χ0v) is 9.32. The molecule has 106 valence electrons. The second kappa shape index (κ2) is 4.63. The van der Waals surface area contributed by atoms with Gasteiger partial charge in [-0.15, -0.1) is 0 Å². The minimum atomic E-state index is -5.21. The second-order valence-corrected chi connectivity index (χ2v) is 3.43. The summed E-state index contributed by atoms with van der Waals surface area (Å²) < 4.78 is 80.2. The maximum atomic E-state index is 12.8. The summed E-state index contributed by atoms with van der Waals surface area (Å²) in [7, 11) is 0.643. The Morgan fingerprint density at radius 1 is 1.11 bits per heavy atom. The molecular weight excluding hydrogens is 280 g/mol. The van der Waals surface area contributed by atoms with Crippen LogP contribution in [0.5, 0.6) is 5.75 Å². The summed E-state index contributed by atoms with van der Waals surface area (Å²) in [6, 6.07) is 0.685. The molecule has 3 nitrogen and oxygen atoms in total. The van der Waals surface area contributed by atoms with Crippen LogP contribution in [0.2, 0.25) is 0 Å². The second-order valence-electron chi connectivity index (χ2n) is 3.43. The van der Waals surface area contributed by atoms with Crippen molar-refractivity contribution in [2.75, 3.05) is 7.11 Å². The summed E-state index contributed by atoms with van der Waals surface area (Å²) in [5, 5.41) is 0. The number of methoxy groups -OCH3 is 1. The number of carbonyl (C=O) groups excluding carboxylic acids is 1. The summed E-state index contributed by atoms with van der Waals surface area (Å²) in [6.07, 6.45) is -10.3. The monoisotopic (exact) mass is 287 g/mol. The molecule has 0 radical (unpaired) electrons. The highest BCUT2D eigenvalue weighted by Crippen LogP contribution is 2.45. The van der Waals surface area contributed by atoms with E-state index in [1.807, 2.05) is 0 Å². The Kier molecular flexibility index (Phi) is 3.69. The van der Waals surface area contributed by atoms with E-state index in [4.69, 9.17) is 5.73 Å². The average Bonchev–Trinajstić information content (AvgIpc) is 2.24. The van der Waals surface area contributed by atoms with Gasteiger partial charge in [-0.1, -0.05) is 0 Å². The molecule has 0 aliphatic rings. The first-order chi connectivity index (χ1) is 8.50. The highest BCUT2D eigenvalue weighted by molar-refractivity contribution is 5.95.